The van der Waals surface area contributed by atoms with Gasteiger partial charge in [0, 0.05) is 10.6 Å². The summed E-state index contributed by atoms with van der Waals surface area (Å²) < 4.78 is 5.30. The minimum atomic E-state index is -0.851. The van der Waals surface area contributed by atoms with Gasteiger partial charge in [-0.15, -0.1) is 11.3 Å². The van der Waals surface area contributed by atoms with E-state index in [1.807, 2.05) is 44.2 Å². The van der Waals surface area contributed by atoms with Gasteiger partial charge in [-0.2, -0.15) is 0 Å². The van der Waals surface area contributed by atoms with Gasteiger partial charge in [-0.25, -0.2) is 4.79 Å². The minimum Gasteiger partial charge on any atom is -0.448 e. The third kappa shape index (κ3) is 4.68. The number of ether oxygens (including phenoxy) is 1. The van der Waals surface area contributed by atoms with Gasteiger partial charge in [-0.05, 0) is 51.0 Å². The quantitative estimate of drug-likeness (QED) is 0.784. The van der Waals surface area contributed by atoms with E-state index in [-0.39, 0.29) is 5.91 Å². The van der Waals surface area contributed by atoms with Crippen molar-refractivity contribution in [1.82, 2.24) is 0 Å². The van der Waals surface area contributed by atoms with Gasteiger partial charge in [0.2, 0.25) is 0 Å². The highest BCUT2D eigenvalue weighted by molar-refractivity contribution is 7.14. The van der Waals surface area contributed by atoms with Crippen LogP contribution in [0.3, 0.4) is 0 Å². The molecule has 0 fully saturated rings. The molecule has 1 heterocycles. The molecule has 0 unspecified atom stereocenters. The molecule has 1 atom stereocenters. The largest absolute Gasteiger partial charge is 0.448 e. The van der Waals surface area contributed by atoms with Crippen molar-refractivity contribution in [2.45, 2.75) is 46.6 Å². The number of thiophene rings is 1. The molecule has 0 spiro atoms. The summed E-state index contributed by atoms with van der Waals surface area (Å²) in [4.78, 5) is 26.1. The Morgan fingerprint density at radius 3 is 2.50 bits per heavy atom. The SMILES string of the molecule is CCCc1cc(C(=O)O[C@H](C)C(=O)Nc2ccc(C)cc2)sc1C. The van der Waals surface area contributed by atoms with E-state index in [1.165, 1.54) is 16.9 Å². The monoisotopic (exact) mass is 345 g/mol. The van der Waals surface area contributed by atoms with E-state index >= 15 is 0 Å². The molecule has 2 aromatic rings. The summed E-state index contributed by atoms with van der Waals surface area (Å²) in [5.74, 6) is -0.786. The smallest absolute Gasteiger partial charge is 0.349 e. The molecule has 0 aliphatic carbocycles. The summed E-state index contributed by atoms with van der Waals surface area (Å²) in [5, 5.41) is 2.75. The highest BCUT2D eigenvalue weighted by atomic mass is 32.1. The lowest BCUT2D eigenvalue weighted by Gasteiger charge is -2.13. The maximum absolute atomic E-state index is 12.2. The predicted octanol–water partition coefficient (Wildman–Crippen LogP) is 4.50. The summed E-state index contributed by atoms with van der Waals surface area (Å²) in [6.07, 6.45) is 1.12. The number of benzene rings is 1. The topological polar surface area (TPSA) is 55.4 Å². The maximum atomic E-state index is 12.2. The lowest BCUT2D eigenvalue weighted by Crippen LogP contribution is -2.29. The Kier molecular flexibility index (Phi) is 6.15. The van der Waals surface area contributed by atoms with Gasteiger partial charge in [-0.1, -0.05) is 31.0 Å². The van der Waals surface area contributed by atoms with Crippen LogP contribution in [0.1, 0.15) is 45.9 Å². The maximum Gasteiger partial charge on any atom is 0.349 e. The van der Waals surface area contributed by atoms with E-state index in [9.17, 15) is 9.59 Å². The predicted molar refractivity (Wildman–Crippen MR) is 97.7 cm³/mol. The number of carbonyl (C=O) groups excluding carboxylic acids is 2. The summed E-state index contributed by atoms with van der Waals surface area (Å²) in [5.41, 5.74) is 2.97. The lowest BCUT2D eigenvalue weighted by atomic mass is 10.1. The number of nitrogens with one attached hydrogen (secondary N) is 1. The average Bonchev–Trinajstić information content (AvgIpc) is 2.91. The van der Waals surface area contributed by atoms with Crippen LogP contribution >= 0.6 is 11.3 Å². The molecular weight excluding hydrogens is 322 g/mol. The second kappa shape index (κ2) is 8.11. The molecular formula is C19H23NO3S. The first-order valence-corrected chi connectivity index (χ1v) is 8.90. The second-order valence-corrected chi connectivity index (χ2v) is 7.10. The molecule has 5 heteroatoms. The highest BCUT2D eigenvalue weighted by Crippen LogP contribution is 2.24. The number of hydrogen-bond donors (Lipinski definition) is 1. The van der Waals surface area contributed by atoms with Gasteiger partial charge in [0.25, 0.3) is 5.91 Å². The van der Waals surface area contributed by atoms with Crippen LogP contribution in [-0.2, 0) is 16.0 Å². The Morgan fingerprint density at radius 1 is 1.21 bits per heavy atom. The average molecular weight is 345 g/mol. The molecule has 0 aliphatic heterocycles. The van der Waals surface area contributed by atoms with Crippen LogP contribution < -0.4 is 5.32 Å². The van der Waals surface area contributed by atoms with Crippen molar-refractivity contribution in [1.29, 1.82) is 0 Å². The first-order chi connectivity index (χ1) is 11.4. The third-order valence-corrected chi connectivity index (χ3v) is 4.79. The van der Waals surface area contributed by atoms with Crippen LogP contribution in [0.15, 0.2) is 30.3 Å². The minimum absolute atomic E-state index is 0.339. The van der Waals surface area contributed by atoms with Crippen LogP contribution in [0.2, 0.25) is 0 Å². The number of carbonyl (C=O) groups is 2. The lowest BCUT2D eigenvalue weighted by molar-refractivity contribution is -0.123. The molecule has 0 saturated heterocycles. The van der Waals surface area contributed by atoms with Crippen LogP contribution in [-0.4, -0.2) is 18.0 Å². The van der Waals surface area contributed by atoms with Gasteiger partial charge < -0.3 is 10.1 Å². The van der Waals surface area contributed by atoms with Crippen molar-refractivity contribution < 1.29 is 14.3 Å². The van der Waals surface area contributed by atoms with Crippen LogP contribution in [0, 0.1) is 13.8 Å². The fraction of sp³-hybridized carbons (Fsp3) is 0.368. The third-order valence-electron chi connectivity index (χ3n) is 3.71. The fourth-order valence-electron chi connectivity index (χ4n) is 2.29. The summed E-state index contributed by atoms with van der Waals surface area (Å²) >= 11 is 1.42. The van der Waals surface area contributed by atoms with Crippen molar-refractivity contribution in [3.05, 3.63) is 51.2 Å². The van der Waals surface area contributed by atoms with Crippen molar-refractivity contribution in [2.24, 2.45) is 0 Å². The van der Waals surface area contributed by atoms with Crippen LogP contribution in [0.25, 0.3) is 0 Å². The van der Waals surface area contributed by atoms with E-state index < -0.39 is 12.1 Å². The molecule has 2 rings (SSSR count). The molecule has 0 bridgehead atoms. The van der Waals surface area contributed by atoms with E-state index in [4.69, 9.17) is 4.74 Å². The normalized spacial score (nSPS) is 11.8. The number of anilines is 1. The molecule has 0 radical (unpaired) electrons. The van der Waals surface area contributed by atoms with Gasteiger partial charge in [0.1, 0.15) is 4.88 Å². The first-order valence-electron chi connectivity index (χ1n) is 8.08. The molecule has 1 aromatic carbocycles. The molecule has 24 heavy (non-hydrogen) atoms. The first kappa shape index (κ1) is 18.2. The Morgan fingerprint density at radius 2 is 1.88 bits per heavy atom. The number of hydrogen-bond acceptors (Lipinski definition) is 4. The number of esters is 1. The van der Waals surface area contributed by atoms with Crippen LogP contribution in [0.5, 0.6) is 0 Å². The number of rotatable bonds is 6. The molecule has 128 valence electrons. The zero-order chi connectivity index (χ0) is 17.7. The van der Waals surface area contributed by atoms with Gasteiger partial charge in [-0.3, -0.25) is 4.79 Å². The van der Waals surface area contributed by atoms with E-state index in [0.717, 1.165) is 23.3 Å². The van der Waals surface area contributed by atoms with Crippen molar-refractivity contribution in [3.8, 4) is 0 Å². The molecule has 0 aliphatic rings. The molecule has 1 amide bonds. The zero-order valence-electron chi connectivity index (χ0n) is 14.5. The summed E-state index contributed by atoms with van der Waals surface area (Å²) in [6.45, 7) is 7.66. The van der Waals surface area contributed by atoms with Crippen molar-refractivity contribution >= 4 is 28.9 Å². The van der Waals surface area contributed by atoms with Crippen molar-refractivity contribution in [2.75, 3.05) is 5.32 Å². The number of aryl methyl sites for hydroxylation is 3. The Bertz CT molecular complexity index is 719. The van der Waals surface area contributed by atoms with E-state index in [0.29, 0.717) is 10.6 Å². The molecule has 1 aromatic heterocycles. The summed E-state index contributed by atoms with van der Waals surface area (Å²) in [7, 11) is 0. The second-order valence-electron chi connectivity index (χ2n) is 5.84. The highest BCUT2D eigenvalue weighted by Gasteiger charge is 2.21. The molecule has 0 saturated carbocycles. The Hall–Kier alpha value is -2.14. The standard InChI is InChI=1S/C19H23NO3S/c1-5-6-15-11-17(24-14(15)4)19(22)23-13(3)18(21)20-16-9-7-12(2)8-10-16/h7-11,13H,5-6H2,1-4H3,(H,20,21)/t13-/m1/s1. The van der Waals surface area contributed by atoms with Crippen LogP contribution in [0.4, 0.5) is 5.69 Å². The number of amides is 1. The summed E-state index contributed by atoms with van der Waals surface area (Å²) in [6, 6.07) is 9.34. The zero-order valence-corrected chi connectivity index (χ0v) is 15.3. The van der Waals surface area contributed by atoms with E-state index in [1.54, 1.807) is 6.92 Å². The van der Waals surface area contributed by atoms with Gasteiger partial charge in [0.05, 0.1) is 0 Å². The van der Waals surface area contributed by atoms with Gasteiger partial charge in [0.15, 0.2) is 6.10 Å². The molecule has 1 N–H and O–H groups in total. The Labute approximate surface area is 146 Å². The fourth-order valence-corrected chi connectivity index (χ4v) is 3.25. The van der Waals surface area contributed by atoms with Crippen molar-refractivity contribution in [3.63, 3.8) is 0 Å². The molecule has 4 nitrogen and oxygen atoms in total. The van der Waals surface area contributed by atoms with Gasteiger partial charge >= 0.3 is 5.97 Å². The Balaban J connectivity index is 1.96. The van der Waals surface area contributed by atoms with E-state index in [2.05, 4.69) is 12.2 Å².